The third-order valence-electron chi connectivity index (χ3n) is 3.32. The Labute approximate surface area is 120 Å². The van der Waals surface area contributed by atoms with Crippen molar-refractivity contribution >= 4 is 11.6 Å². The zero-order valence-corrected chi connectivity index (χ0v) is 12.2. The maximum atomic E-state index is 13.8. The SMILES string of the molecule is Cc1nn(C)c(Cl)c1CC(C)(O)c1cccc(F)c1F. The van der Waals surface area contributed by atoms with E-state index in [0.717, 1.165) is 6.07 Å². The summed E-state index contributed by atoms with van der Waals surface area (Å²) in [6.07, 6.45) is 0.0475. The first-order valence-corrected chi connectivity index (χ1v) is 6.46. The fourth-order valence-corrected chi connectivity index (χ4v) is 2.48. The first kappa shape index (κ1) is 14.9. The van der Waals surface area contributed by atoms with Gasteiger partial charge in [0.05, 0.1) is 11.3 Å². The van der Waals surface area contributed by atoms with Crippen LogP contribution in [0.2, 0.25) is 5.15 Å². The molecule has 1 heterocycles. The lowest BCUT2D eigenvalue weighted by Gasteiger charge is -2.24. The Bertz CT molecular complexity index is 653. The average molecular weight is 301 g/mol. The van der Waals surface area contributed by atoms with Gasteiger partial charge >= 0.3 is 0 Å². The van der Waals surface area contributed by atoms with Crippen LogP contribution in [0.15, 0.2) is 18.2 Å². The highest BCUT2D eigenvalue weighted by atomic mass is 35.5. The first-order chi connectivity index (χ1) is 9.24. The molecular weight excluding hydrogens is 286 g/mol. The van der Waals surface area contributed by atoms with Crippen molar-refractivity contribution in [2.45, 2.75) is 25.9 Å². The summed E-state index contributed by atoms with van der Waals surface area (Å²) >= 11 is 6.10. The van der Waals surface area contributed by atoms with E-state index in [2.05, 4.69) is 5.10 Å². The minimum atomic E-state index is -1.58. The molecule has 1 unspecified atom stereocenters. The summed E-state index contributed by atoms with van der Waals surface area (Å²) < 4.78 is 28.6. The highest BCUT2D eigenvalue weighted by Crippen LogP contribution is 2.32. The highest BCUT2D eigenvalue weighted by molar-refractivity contribution is 6.30. The number of aryl methyl sites for hydroxylation is 2. The summed E-state index contributed by atoms with van der Waals surface area (Å²) in [4.78, 5) is 0. The molecule has 1 atom stereocenters. The second kappa shape index (κ2) is 5.14. The van der Waals surface area contributed by atoms with Crippen LogP contribution in [0.4, 0.5) is 8.78 Å². The second-order valence-corrected chi connectivity index (χ2v) is 5.39. The van der Waals surface area contributed by atoms with Crippen molar-refractivity contribution in [1.82, 2.24) is 9.78 Å². The molecule has 0 radical (unpaired) electrons. The Morgan fingerprint density at radius 2 is 2.05 bits per heavy atom. The summed E-state index contributed by atoms with van der Waals surface area (Å²) in [5.74, 6) is -2.04. The molecule has 1 N–H and O–H groups in total. The van der Waals surface area contributed by atoms with E-state index in [0.29, 0.717) is 16.4 Å². The molecule has 0 aliphatic rings. The van der Waals surface area contributed by atoms with Gasteiger partial charge in [0.15, 0.2) is 11.6 Å². The van der Waals surface area contributed by atoms with Gasteiger partial charge in [-0.2, -0.15) is 5.10 Å². The van der Waals surface area contributed by atoms with Crippen molar-refractivity contribution in [3.8, 4) is 0 Å². The highest BCUT2D eigenvalue weighted by Gasteiger charge is 2.30. The van der Waals surface area contributed by atoms with Crippen molar-refractivity contribution in [3.05, 3.63) is 51.8 Å². The first-order valence-electron chi connectivity index (χ1n) is 6.09. The van der Waals surface area contributed by atoms with E-state index in [4.69, 9.17) is 11.6 Å². The number of hydrogen-bond donors (Lipinski definition) is 1. The summed E-state index contributed by atoms with van der Waals surface area (Å²) in [5.41, 5.74) is -0.418. The van der Waals surface area contributed by atoms with Crippen LogP contribution in [0.3, 0.4) is 0 Å². The van der Waals surface area contributed by atoms with Gasteiger partial charge in [0.25, 0.3) is 0 Å². The van der Waals surface area contributed by atoms with Crippen LogP contribution in [-0.4, -0.2) is 14.9 Å². The largest absolute Gasteiger partial charge is 0.385 e. The van der Waals surface area contributed by atoms with Crippen LogP contribution in [0, 0.1) is 18.6 Å². The Hall–Kier alpha value is -1.46. The van der Waals surface area contributed by atoms with Gasteiger partial charge in [0, 0.05) is 24.6 Å². The number of halogens is 3. The van der Waals surface area contributed by atoms with E-state index >= 15 is 0 Å². The molecule has 0 amide bonds. The summed E-state index contributed by atoms with van der Waals surface area (Å²) in [7, 11) is 1.68. The van der Waals surface area contributed by atoms with Gasteiger partial charge in [-0.3, -0.25) is 4.68 Å². The van der Waals surface area contributed by atoms with Gasteiger partial charge in [-0.1, -0.05) is 23.7 Å². The van der Waals surface area contributed by atoms with Crippen LogP contribution in [0.25, 0.3) is 0 Å². The van der Waals surface area contributed by atoms with Gasteiger partial charge in [0.2, 0.25) is 0 Å². The van der Waals surface area contributed by atoms with Crippen LogP contribution in [0.1, 0.15) is 23.7 Å². The van der Waals surface area contributed by atoms with Crippen LogP contribution < -0.4 is 0 Å². The van der Waals surface area contributed by atoms with Crippen molar-refractivity contribution < 1.29 is 13.9 Å². The molecule has 0 fully saturated rings. The Morgan fingerprint density at radius 3 is 2.60 bits per heavy atom. The number of nitrogens with zero attached hydrogens (tertiary/aromatic N) is 2. The summed E-state index contributed by atoms with van der Waals surface area (Å²) in [6, 6.07) is 3.73. The van der Waals surface area contributed by atoms with Crippen molar-refractivity contribution in [3.63, 3.8) is 0 Å². The molecule has 0 spiro atoms. The molecule has 108 valence electrons. The van der Waals surface area contributed by atoms with Gasteiger partial charge in [-0.05, 0) is 19.9 Å². The molecule has 6 heteroatoms. The van der Waals surface area contributed by atoms with Crippen molar-refractivity contribution in [2.24, 2.45) is 7.05 Å². The number of hydrogen-bond acceptors (Lipinski definition) is 2. The monoisotopic (exact) mass is 300 g/mol. The van der Waals surface area contributed by atoms with E-state index in [9.17, 15) is 13.9 Å². The topological polar surface area (TPSA) is 38.0 Å². The fraction of sp³-hybridized carbons (Fsp3) is 0.357. The van der Waals surface area contributed by atoms with E-state index < -0.39 is 17.2 Å². The zero-order valence-electron chi connectivity index (χ0n) is 11.4. The third kappa shape index (κ3) is 2.55. The molecule has 3 nitrogen and oxygen atoms in total. The Balaban J connectivity index is 2.43. The van der Waals surface area contributed by atoms with Gasteiger partial charge < -0.3 is 5.11 Å². The van der Waals surface area contributed by atoms with E-state index in [1.807, 2.05) is 0 Å². The Morgan fingerprint density at radius 1 is 1.40 bits per heavy atom. The average Bonchev–Trinajstić information content (AvgIpc) is 2.59. The number of aromatic nitrogens is 2. The molecule has 0 aliphatic heterocycles. The van der Waals surface area contributed by atoms with E-state index in [-0.39, 0.29) is 12.0 Å². The minimum Gasteiger partial charge on any atom is -0.385 e. The van der Waals surface area contributed by atoms with Crippen LogP contribution in [0.5, 0.6) is 0 Å². The molecule has 2 aromatic rings. The lowest BCUT2D eigenvalue weighted by atomic mass is 9.89. The molecule has 0 saturated carbocycles. The lowest BCUT2D eigenvalue weighted by Crippen LogP contribution is -2.26. The van der Waals surface area contributed by atoms with Crippen LogP contribution >= 0.6 is 11.6 Å². The van der Waals surface area contributed by atoms with Crippen molar-refractivity contribution in [1.29, 1.82) is 0 Å². The standard InChI is InChI=1S/C14H15ClF2N2O/c1-8-9(13(15)19(3)18-8)7-14(2,20)10-5-4-6-11(16)12(10)17/h4-6,20H,7H2,1-3H3. The molecule has 2 rings (SSSR count). The predicted octanol–water partition coefficient (Wildman–Crippen LogP) is 3.11. The number of rotatable bonds is 3. The zero-order chi connectivity index (χ0) is 15.1. The predicted molar refractivity (Wildman–Crippen MR) is 72.6 cm³/mol. The maximum Gasteiger partial charge on any atom is 0.164 e. The number of aliphatic hydroxyl groups is 1. The van der Waals surface area contributed by atoms with Gasteiger partial charge in [-0.15, -0.1) is 0 Å². The summed E-state index contributed by atoms with van der Waals surface area (Å²) in [6.45, 7) is 3.17. The quantitative estimate of drug-likeness (QED) is 0.946. The fourth-order valence-electron chi connectivity index (χ4n) is 2.23. The molecule has 0 saturated heterocycles. The molecule has 1 aromatic carbocycles. The molecule has 0 aliphatic carbocycles. The molecular formula is C14H15ClF2N2O. The lowest BCUT2D eigenvalue weighted by molar-refractivity contribution is 0.0529. The number of benzene rings is 1. The van der Waals surface area contributed by atoms with Gasteiger partial charge in [-0.25, -0.2) is 8.78 Å². The maximum absolute atomic E-state index is 13.8. The third-order valence-corrected chi connectivity index (χ3v) is 3.80. The van der Waals surface area contributed by atoms with E-state index in [1.165, 1.54) is 23.7 Å². The minimum absolute atomic E-state index is 0.0475. The smallest absolute Gasteiger partial charge is 0.164 e. The molecule has 20 heavy (non-hydrogen) atoms. The van der Waals surface area contributed by atoms with Crippen molar-refractivity contribution in [2.75, 3.05) is 0 Å². The van der Waals surface area contributed by atoms with E-state index in [1.54, 1.807) is 14.0 Å². The summed E-state index contributed by atoms with van der Waals surface area (Å²) in [5, 5.41) is 15.0. The normalized spacial score (nSPS) is 14.3. The van der Waals surface area contributed by atoms with Gasteiger partial charge in [0.1, 0.15) is 5.15 Å². The molecule has 1 aromatic heterocycles. The second-order valence-electron chi connectivity index (χ2n) is 5.03. The van der Waals surface area contributed by atoms with Crippen LogP contribution in [-0.2, 0) is 19.1 Å². The molecule has 0 bridgehead atoms. The Kier molecular flexibility index (Phi) is 3.84.